The molecule has 1 aromatic carbocycles. The Morgan fingerprint density at radius 2 is 1.94 bits per heavy atom. The third-order valence-corrected chi connectivity index (χ3v) is 3.65. The number of hydrogen-bond donors (Lipinski definition) is 1. The molecule has 17 heavy (non-hydrogen) atoms. The third kappa shape index (κ3) is 3.46. The molecule has 0 amide bonds. The van der Waals surface area contributed by atoms with E-state index in [0.717, 1.165) is 12.3 Å². The lowest BCUT2D eigenvalue weighted by Gasteiger charge is -2.05. The number of nitrogens with one attached hydrogen (secondary N) is 1. The maximum atomic E-state index is 6.01. The minimum absolute atomic E-state index is 0.568. The van der Waals surface area contributed by atoms with Gasteiger partial charge in [-0.25, -0.2) is 0 Å². The second kappa shape index (κ2) is 6.05. The summed E-state index contributed by atoms with van der Waals surface area (Å²) in [6.07, 6.45) is 0. The van der Waals surface area contributed by atoms with Gasteiger partial charge in [-0.2, -0.15) is 0 Å². The first-order valence-corrected chi connectivity index (χ1v) is 6.58. The molecule has 0 spiro atoms. The molecule has 0 unspecified atom stereocenters. The van der Waals surface area contributed by atoms with Gasteiger partial charge in [0.05, 0.1) is 5.02 Å². The molecule has 90 valence electrons. The van der Waals surface area contributed by atoms with Crippen LogP contribution in [-0.2, 0) is 13.2 Å². The van der Waals surface area contributed by atoms with Crippen LogP contribution in [0.15, 0.2) is 36.4 Å². The summed E-state index contributed by atoms with van der Waals surface area (Å²) in [5.74, 6) is 0.734. The van der Waals surface area contributed by atoms with Crippen molar-refractivity contribution >= 4 is 22.9 Å². The molecule has 0 saturated heterocycles. The topological polar surface area (TPSA) is 21.3 Å². The standard InChI is InChI=1S/C13H14ClNOS/c1-15-8-10-6-7-11(17-10)9-16-13-5-3-2-4-12(13)14/h2-7,15H,8-9H2,1H3. The fourth-order valence-electron chi connectivity index (χ4n) is 1.48. The van der Waals surface area contributed by atoms with Gasteiger partial charge in [0, 0.05) is 16.3 Å². The smallest absolute Gasteiger partial charge is 0.138 e. The van der Waals surface area contributed by atoms with Gasteiger partial charge in [-0.15, -0.1) is 11.3 Å². The number of thiophene rings is 1. The minimum atomic E-state index is 0.568. The summed E-state index contributed by atoms with van der Waals surface area (Å²) in [6, 6.07) is 11.7. The molecule has 0 fully saturated rings. The van der Waals surface area contributed by atoms with Crippen molar-refractivity contribution in [2.45, 2.75) is 13.2 Å². The Hall–Kier alpha value is -1.03. The summed E-state index contributed by atoms with van der Waals surface area (Å²) in [6.45, 7) is 1.47. The quantitative estimate of drug-likeness (QED) is 0.892. The molecule has 1 heterocycles. The van der Waals surface area contributed by atoms with Crippen molar-refractivity contribution in [2.75, 3.05) is 7.05 Å². The highest BCUT2D eigenvalue weighted by Crippen LogP contribution is 2.25. The Bertz CT molecular complexity index is 484. The Balaban J connectivity index is 1.95. The van der Waals surface area contributed by atoms with E-state index in [1.54, 1.807) is 11.3 Å². The van der Waals surface area contributed by atoms with Gasteiger partial charge < -0.3 is 10.1 Å². The molecule has 0 bridgehead atoms. The molecule has 1 aromatic heterocycles. The highest BCUT2D eigenvalue weighted by molar-refractivity contribution is 7.11. The molecular weight excluding hydrogens is 254 g/mol. The van der Waals surface area contributed by atoms with E-state index < -0.39 is 0 Å². The average Bonchev–Trinajstić information content (AvgIpc) is 2.76. The summed E-state index contributed by atoms with van der Waals surface area (Å²) in [5.41, 5.74) is 0. The van der Waals surface area contributed by atoms with Crippen molar-refractivity contribution in [2.24, 2.45) is 0 Å². The first-order chi connectivity index (χ1) is 8.29. The monoisotopic (exact) mass is 267 g/mol. The number of hydrogen-bond acceptors (Lipinski definition) is 3. The molecule has 0 saturated carbocycles. The van der Waals surface area contributed by atoms with Crippen molar-refractivity contribution in [3.05, 3.63) is 51.2 Å². The van der Waals surface area contributed by atoms with Gasteiger partial charge in [0.2, 0.25) is 0 Å². The van der Waals surface area contributed by atoms with Crippen LogP contribution in [0, 0.1) is 0 Å². The zero-order chi connectivity index (χ0) is 12.1. The van der Waals surface area contributed by atoms with Crippen molar-refractivity contribution in [3.63, 3.8) is 0 Å². The van der Waals surface area contributed by atoms with E-state index >= 15 is 0 Å². The fourth-order valence-corrected chi connectivity index (χ4v) is 2.61. The molecule has 0 aliphatic heterocycles. The van der Waals surface area contributed by atoms with Crippen molar-refractivity contribution in [1.82, 2.24) is 5.32 Å². The average molecular weight is 268 g/mol. The van der Waals surface area contributed by atoms with E-state index in [-0.39, 0.29) is 0 Å². The van der Waals surface area contributed by atoms with Crippen molar-refractivity contribution in [3.8, 4) is 5.75 Å². The number of halogens is 1. The Kier molecular flexibility index (Phi) is 4.42. The molecule has 2 nitrogen and oxygen atoms in total. The first-order valence-electron chi connectivity index (χ1n) is 5.39. The molecule has 2 rings (SSSR count). The van der Waals surface area contributed by atoms with E-state index in [2.05, 4.69) is 17.4 Å². The molecular formula is C13H14ClNOS. The van der Waals surface area contributed by atoms with Crippen LogP contribution in [0.1, 0.15) is 9.75 Å². The van der Waals surface area contributed by atoms with Crippen LogP contribution in [0.4, 0.5) is 0 Å². The lowest BCUT2D eigenvalue weighted by molar-refractivity contribution is 0.310. The maximum Gasteiger partial charge on any atom is 0.138 e. The van der Waals surface area contributed by atoms with E-state index in [1.165, 1.54) is 9.75 Å². The Labute approximate surface area is 110 Å². The van der Waals surface area contributed by atoms with Gasteiger partial charge in [-0.05, 0) is 31.3 Å². The highest BCUT2D eigenvalue weighted by atomic mass is 35.5. The van der Waals surface area contributed by atoms with Crippen LogP contribution in [0.25, 0.3) is 0 Å². The van der Waals surface area contributed by atoms with Gasteiger partial charge in [0.25, 0.3) is 0 Å². The molecule has 0 radical (unpaired) electrons. The largest absolute Gasteiger partial charge is 0.487 e. The normalized spacial score (nSPS) is 10.5. The maximum absolute atomic E-state index is 6.01. The lowest BCUT2D eigenvalue weighted by atomic mass is 10.3. The van der Waals surface area contributed by atoms with Crippen LogP contribution in [0.2, 0.25) is 5.02 Å². The van der Waals surface area contributed by atoms with E-state index in [9.17, 15) is 0 Å². The second-order valence-corrected chi connectivity index (χ2v) is 5.28. The molecule has 1 N–H and O–H groups in total. The van der Waals surface area contributed by atoms with Crippen LogP contribution >= 0.6 is 22.9 Å². The van der Waals surface area contributed by atoms with Crippen molar-refractivity contribution in [1.29, 1.82) is 0 Å². The number of para-hydroxylation sites is 1. The Morgan fingerprint density at radius 3 is 2.71 bits per heavy atom. The minimum Gasteiger partial charge on any atom is -0.487 e. The summed E-state index contributed by atoms with van der Waals surface area (Å²) in [4.78, 5) is 2.51. The number of ether oxygens (including phenoxy) is 1. The van der Waals surface area contributed by atoms with Gasteiger partial charge in [0.1, 0.15) is 12.4 Å². The number of rotatable bonds is 5. The Morgan fingerprint density at radius 1 is 1.18 bits per heavy atom. The van der Waals surface area contributed by atoms with Gasteiger partial charge in [0.15, 0.2) is 0 Å². The summed E-state index contributed by atoms with van der Waals surface area (Å²) in [7, 11) is 1.94. The molecule has 0 atom stereocenters. The predicted octanol–water partition coefficient (Wildman–Crippen LogP) is 3.70. The lowest BCUT2D eigenvalue weighted by Crippen LogP contribution is -2.02. The van der Waals surface area contributed by atoms with Gasteiger partial charge in [-0.1, -0.05) is 23.7 Å². The van der Waals surface area contributed by atoms with E-state index in [0.29, 0.717) is 11.6 Å². The van der Waals surface area contributed by atoms with Crippen molar-refractivity contribution < 1.29 is 4.74 Å². The predicted molar refractivity (Wildman–Crippen MR) is 72.9 cm³/mol. The van der Waals surface area contributed by atoms with Crippen LogP contribution in [0.3, 0.4) is 0 Å². The van der Waals surface area contributed by atoms with E-state index in [1.807, 2.05) is 31.3 Å². The fraction of sp³-hybridized carbons (Fsp3) is 0.231. The van der Waals surface area contributed by atoms with Gasteiger partial charge >= 0.3 is 0 Å². The van der Waals surface area contributed by atoms with Crippen LogP contribution in [-0.4, -0.2) is 7.05 Å². The molecule has 2 aromatic rings. The first kappa shape index (κ1) is 12.4. The highest BCUT2D eigenvalue weighted by Gasteiger charge is 2.03. The summed E-state index contributed by atoms with van der Waals surface area (Å²) in [5, 5.41) is 3.78. The van der Waals surface area contributed by atoms with Crippen LogP contribution < -0.4 is 10.1 Å². The summed E-state index contributed by atoms with van der Waals surface area (Å²) < 4.78 is 5.67. The summed E-state index contributed by atoms with van der Waals surface area (Å²) >= 11 is 7.77. The molecule has 0 aliphatic rings. The third-order valence-electron chi connectivity index (χ3n) is 2.27. The second-order valence-electron chi connectivity index (χ2n) is 3.62. The van der Waals surface area contributed by atoms with E-state index in [4.69, 9.17) is 16.3 Å². The van der Waals surface area contributed by atoms with Gasteiger partial charge in [-0.3, -0.25) is 0 Å². The zero-order valence-electron chi connectivity index (χ0n) is 9.57. The molecule has 4 heteroatoms. The van der Waals surface area contributed by atoms with Crippen LogP contribution in [0.5, 0.6) is 5.75 Å². The zero-order valence-corrected chi connectivity index (χ0v) is 11.1. The SMILES string of the molecule is CNCc1ccc(COc2ccccc2Cl)s1. The number of benzene rings is 1. The molecule has 0 aliphatic carbocycles.